The Kier molecular flexibility index (Phi) is 2.40. The van der Waals surface area contributed by atoms with Gasteiger partial charge in [-0.3, -0.25) is 0 Å². The quantitative estimate of drug-likeness (QED) is 0.753. The molecule has 2 nitrogen and oxygen atoms in total. The predicted molar refractivity (Wildman–Crippen MR) is 54.4 cm³/mol. The van der Waals surface area contributed by atoms with Gasteiger partial charge in [0.05, 0.1) is 0 Å². The van der Waals surface area contributed by atoms with E-state index in [1.165, 1.54) is 24.8 Å². The van der Waals surface area contributed by atoms with Crippen molar-refractivity contribution in [2.45, 2.75) is 38.8 Å². The Bertz CT molecular complexity index is 273. The molecule has 0 saturated heterocycles. The zero-order valence-electron chi connectivity index (χ0n) is 8.24. The van der Waals surface area contributed by atoms with Crippen molar-refractivity contribution in [3.63, 3.8) is 0 Å². The molecule has 1 aromatic rings. The molecule has 2 heteroatoms. The third kappa shape index (κ3) is 1.94. The molecule has 1 saturated carbocycles. The van der Waals surface area contributed by atoms with Crippen LogP contribution in [0.4, 0.5) is 0 Å². The summed E-state index contributed by atoms with van der Waals surface area (Å²) in [6.45, 7) is 3.30. The summed E-state index contributed by atoms with van der Waals surface area (Å²) in [4.78, 5) is 0. The van der Waals surface area contributed by atoms with Gasteiger partial charge in [-0.25, -0.2) is 0 Å². The fourth-order valence-electron chi connectivity index (χ4n) is 1.78. The van der Waals surface area contributed by atoms with Crippen molar-refractivity contribution in [1.29, 1.82) is 0 Å². The summed E-state index contributed by atoms with van der Waals surface area (Å²) in [6.07, 6.45) is 8.17. The van der Waals surface area contributed by atoms with Crippen LogP contribution in [0.2, 0.25) is 0 Å². The summed E-state index contributed by atoms with van der Waals surface area (Å²) in [6, 6.07) is 2.46. The third-order valence-electron chi connectivity index (χ3n) is 2.77. The summed E-state index contributed by atoms with van der Waals surface area (Å²) >= 11 is 0. The van der Waals surface area contributed by atoms with Crippen LogP contribution in [0.5, 0.6) is 0 Å². The molecule has 0 amide bonds. The number of aryl methyl sites for hydroxylation is 1. The molecule has 0 radical (unpaired) electrons. The minimum absolute atomic E-state index is 0.290. The van der Waals surface area contributed by atoms with Crippen LogP contribution >= 0.6 is 0 Å². The second kappa shape index (κ2) is 3.54. The average molecular weight is 178 g/mol. The van der Waals surface area contributed by atoms with Crippen LogP contribution in [0.15, 0.2) is 18.5 Å². The first-order chi connectivity index (χ1) is 6.31. The molecular weight excluding hydrogens is 160 g/mol. The largest absolute Gasteiger partial charge is 0.354 e. The molecule has 1 aromatic heterocycles. The van der Waals surface area contributed by atoms with Crippen molar-refractivity contribution in [2.24, 2.45) is 11.7 Å². The third-order valence-corrected chi connectivity index (χ3v) is 2.77. The van der Waals surface area contributed by atoms with E-state index >= 15 is 0 Å². The maximum atomic E-state index is 6.10. The van der Waals surface area contributed by atoms with Gasteiger partial charge >= 0.3 is 0 Å². The first kappa shape index (κ1) is 8.82. The van der Waals surface area contributed by atoms with Crippen LogP contribution in [-0.2, 0) is 6.54 Å². The first-order valence-corrected chi connectivity index (χ1v) is 5.22. The first-order valence-electron chi connectivity index (χ1n) is 5.22. The zero-order valence-corrected chi connectivity index (χ0v) is 8.24. The van der Waals surface area contributed by atoms with Crippen LogP contribution in [-0.4, -0.2) is 4.57 Å². The molecule has 13 heavy (non-hydrogen) atoms. The highest BCUT2D eigenvalue weighted by atomic mass is 14.9. The number of nitrogens with zero attached hydrogens (tertiary/aromatic N) is 1. The molecule has 0 aliphatic heterocycles. The molecular formula is C11H18N2. The highest BCUT2D eigenvalue weighted by molar-refractivity contribution is 5.17. The number of hydrogen-bond donors (Lipinski definition) is 1. The Morgan fingerprint density at radius 1 is 1.62 bits per heavy atom. The molecule has 1 aliphatic carbocycles. The van der Waals surface area contributed by atoms with Crippen molar-refractivity contribution in [2.75, 3.05) is 0 Å². The van der Waals surface area contributed by atoms with E-state index in [0.717, 1.165) is 12.5 Å². The molecule has 72 valence electrons. The predicted octanol–water partition coefficient (Wildman–Crippen LogP) is 2.31. The normalized spacial score (nSPS) is 18.9. The maximum absolute atomic E-state index is 6.10. The second-order valence-corrected chi connectivity index (χ2v) is 4.05. The van der Waals surface area contributed by atoms with Gasteiger partial charge in [-0.2, -0.15) is 0 Å². The smallest absolute Gasteiger partial charge is 0.0338 e. The molecule has 1 fully saturated rings. The van der Waals surface area contributed by atoms with Gasteiger partial charge in [-0.15, -0.1) is 0 Å². The summed E-state index contributed by atoms with van der Waals surface area (Å²) in [5.41, 5.74) is 7.41. The van der Waals surface area contributed by atoms with Crippen molar-refractivity contribution in [1.82, 2.24) is 4.57 Å². The summed E-state index contributed by atoms with van der Waals surface area (Å²) in [5, 5.41) is 0. The van der Waals surface area contributed by atoms with Crippen molar-refractivity contribution in [3.05, 3.63) is 24.0 Å². The lowest BCUT2D eigenvalue weighted by Crippen LogP contribution is -2.11. The van der Waals surface area contributed by atoms with E-state index in [4.69, 9.17) is 5.73 Å². The lowest BCUT2D eigenvalue weighted by atomic mass is 10.1. The lowest BCUT2D eigenvalue weighted by Gasteiger charge is -2.06. The maximum Gasteiger partial charge on any atom is 0.0338 e. The fraction of sp³-hybridized carbons (Fsp3) is 0.636. The van der Waals surface area contributed by atoms with E-state index in [9.17, 15) is 0 Å². The molecule has 1 unspecified atom stereocenters. The number of rotatable bonds is 4. The van der Waals surface area contributed by atoms with Crippen LogP contribution < -0.4 is 5.73 Å². The van der Waals surface area contributed by atoms with Crippen LogP contribution in [0, 0.1) is 5.92 Å². The van der Waals surface area contributed by atoms with Gasteiger partial charge in [0, 0.05) is 25.0 Å². The lowest BCUT2D eigenvalue weighted by molar-refractivity contribution is 0.625. The van der Waals surface area contributed by atoms with Crippen molar-refractivity contribution >= 4 is 0 Å². The molecule has 1 aliphatic rings. The zero-order chi connectivity index (χ0) is 9.26. The Balaban J connectivity index is 2.03. The highest BCUT2D eigenvalue weighted by Gasteiger charge is 2.29. The van der Waals surface area contributed by atoms with Gasteiger partial charge in [0.15, 0.2) is 0 Å². The number of aromatic nitrogens is 1. The molecule has 0 bridgehead atoms. The highest BCUT2D eigenvalue weighted by Crippen LogP contribution is 2.39. The van der Waals surface area contributed by atoms with E-state index in [1.807, 2.05) is 0 Å². The number of hydrogen-bond acceptors (Lipinski definition) is 1. The van der Waals surface area contributed by atoms with Gasteiger partial charge in [-0.05, 0) is 36.8 Å². The van der Waals surface area contributed by atoms with E-state index in [2.05, 4.69) is 30.0 Å². The van der Waals surface area contributed by atoms with Gasteiger partial charge in [-0.1, -0.05) is 6.92 Å². The van der Waals surface area contributed by atoms with E-state index in [-0.39, 0.29) is 6.04 Å². The van der Waals surface area contributed by atoms with Gasteiger partial charge in [0.1, 0.15) is 0 Å². The van der Waals surface area contributed by atoms with Gasteiger partial charge in [0.25, 0.3) is 0 Å². The summed E-state index contributed by atoms with van der Waals surface area (Å²) < 4.78 is 2.23. The van der Waals surface area contributed by atoms with Gasteiger partial charge < -0.3 is 10.3 Å². The van der Waals surface area contributed by atoms with E-state index < -0.39 is 0 Å². The van der Waals surface area contributed by atoms with E-state index in [1.54, 1.807) is 0 Å². The summed E-state index contributed by atoms with van der Waals surface area (Å²) in [5.74, 6) is 0.762. The van der Waals surface area contributed by atoms with Crippen LogP contribution in [0.1, 0.15) is 37.8 Å². The van der Waals surface area contributed by atoms with Crippen molar-refractivity contribution < 1.29 is 0 Å². The molecule has 2 N–H and O–H groups in total. The Morgan fingerprint density at radius 2 is 2.38 bits per heavy atom. The molecule has 2 rings (SSSR count). The van der Waals surface area contributed by atoms with Crippen molar-refractivity contribution in [3.8, 4) is 0 Å². The molecule has 1 atom stereocenters. The molecule has 0 aromatic carbocycles. The van der Waals surface area contributed by atoms with E-state index in [0.29, 0.717) is 0 Å². The van der Waals surface area contributed by atoms with Crippen LogP contribution in [0.3, 0.4) is 0 Å². The second-order valence-electron chi connectivity index (χ2n) is 4.05. The summed E-state index contributed by atoms with van der Waals surface area (Å²) in [7, 11) is 0. The van der Waals surface area contributed by atoms with Gasteiger partial charge in [0.2, 0.25) is 0 Å². The Morgan fingerprint density at radius 3 is 3.00 bits per heavy atom. The number of nitrogens with two attached hydrogens (primary N) is 1. The monoisotopic (exact) mass is 178 g/mol. The average Bonchev–Trinajstić information content (AvgIpc) is 2.87. The Labute approximate surface area is 79.7 Å². The SMILES string of the molecule is CCCn1ccc(C(N)C2CC2)c1. The minimum Gasteiger partial charge on any atom is -0.354 e. The standard InChI is InChI=1S/C11H18N2/c1-2-6-13-7-5-10(8-13)11(12)9-3-4-9/h5,7-9,11H,2-4,6,12H2,1H3. The topological polar surface area (TPSA) is 30.9 Å². The minimum atomic E-state index is 0.290. The Hall–Kier alpha value is -0.760. The van der Waals surface area contributed by atoms with Crippen LogP contribution in [0.25, 0.3) is 0 Å². The fourth-order valence-corrected chi connectivity index (χ4v) is 1.78. The molecule has 0 spiro atoms. The molecule has 1 heterocycles.